The molecule has 0 saturated heterocycles. The SMILES string of the molecule is C=C(C)C(=O)NCCOCCOCCOCCOCCOCC(C)OCC(C)OCC(C)OC. The fourth-order valence-corrected chi connectivity index (χ4v) is 2.28. The third-order valence-electron chi connectivity index (χ3n) is 4.39. The van der Waals surface area contributed by atoms with E-state index in [1.165, 1.54) is 0 Å². The molecule has 0 bridgehead atoms. The number of ether oxygens (including phenoxy) is 8. The van der Waals surface area contributed by atoms with Gasteiger partial charge in [0.05, 0.1) is 97.6 Å². The third kappa shape index (κ3) is 22.7. The molecule has 0 aliphatic heterocycles. The van der Waals surface area contributed by atoms with E-state index in [-0.39, 0.29) is 24.2 Å². The normalized spacial score (nSPS) is 14.0. The van der Waals surface area contributed by atoms with Crippen LogP contribution in [0.1, 0.15) is 27.7 Å². The zero-order chi connectivity index (χ0) is 25.4. The lowest BCUT2D eigenvalue weighted by Gasteiger charge is -2.19. The Hall–Kier alpha value is -1.11. The predicted molar refractivity (Wildman–Crippen MR) is 129 cm³/mol. The molecule has 202 valence electrons. The van der Waals surface area contributed by atoms with Gasteiger partial charge in [0.2, 0.25) is 5.91 Å². The molecule has 3 atom stereocenters. The summed E-state index contributed by atoms with van der Waals surface area (Å²) in [6.45, 7) is 17.6. The second-order valence-electron chi connectivity index (χ2n) is 7.89. The minimum atomic E-state index is -0.159. The standard InChI is InChI=1S/C24H47NO9/c1-20(2)24(26)25-7-8-28-9-10-29-11-12-30-13-14-31-15-16-32-17-22(4)34-19-23(5)33-18-21(3)27-6/h21-23H,1,7-19H2,2-6H3,(H,25,26). The van der Waals surface area contributed by atoms with Crippen LogP contribution in [0.15, 0.2) is 12.2 Å². The van der Waals surface area contributed by atoms with Gasteiger partial charge in [-0.15, -0.1) is 0 Å². The van der Waals surface area contributed by atoms with Crippen LogP contribution in [0.4, 0.5) is 0 Å². The minimum Gasteiger partial charge on any atom is -0.379 e. The highest BCUT2D eigenvalue weighted by Crippen LogP contribution is 2.00. The number of carbonyl (C=O) groups excluding carboxylic acids is 1. The topological polar surface area (TPSA) is 103 Å². The molecule has 0 spiro atoms. The summed E-state index contributed by atoms with van der Waals surface area (Å²) in [6, 6.07) is 0. The maximum atomic E-state index is 11.3. The summed E-state index contributed by atoms with van der Waals surface area (Å²) in [5.41, 5.74) is 0.485. The maximum absolute atomic E-state index is 11.3. The Bertz CT molecular complexity index is 493. The average molecular weight is 494 g/mol. The highest BCUT2D eigenvalue weighted by Gasteiger charge is 2.09. The van der Waals surface area contributed by atoms with Gasteiger partial charge in [0.1, 0.15) is 0 Å². The first-order chi connectivity index (χ1) is 16.4. The van der Waals surface area contributed by atoms with Gasteiger partial charge < -0.3 is 43.2 Å². The van der Waals surface area contributed by atoms with E-state index < -0.39 is 0 Å². The van der Waals surface area contributed by atoms with Crippen molar-refractivity contribution in [2.24, 2.45) is 0 Å². The van der Waals surface area contributed by atoms with Crippen LogP contribution in [-0.2, 0) is 42.7 Å². The van der Waals surface area contributed by atoms with Crippen molar-refractivity contribution in [1.82, 2.24) is 5.32 Å². The van der Waals surface area contributed by atoms with Gasteiger partial charge in [-0.2, -0.15) is 0 Å². The number of amides is 1. The molecule has 3 unspecified atom stereocenters. The Morgan fingerprint density at radius 1 is 0.676 bits per heavy atom. The maximum Gasteiger partial charge on any atom is 0.246 e. The van der Waals surface area contributed by atoms with E-state index in [1.54, 1.807) is 14.0 Å². The summed E-state index contributed by atoms with van der Waals surface area (Å²) in [7, 11) is 1.67. The van der Waals surface area contributed by atoms with Crippen LogP contribution in [0.5, 0.6) is 0 Å². The highest BCUT2D eigenvalue weighted by atomic mass is 16.6. The van der Waals surface area contributed by atoms with Crippen LogP contribution in [0.3, 0.4) is 0 Å². The van der Waals surface area contributed by atoms with Crippen LogP contribution in [0, 0.1) is 0 Å². The molecule has 1 N–H and O–H groups in total. The Morgan fingerprint density at radius 2 is 1.09 bits per heavy atom. The molecule has 0 aliphatic rings. The number of rotatable bonds is 25. The van der Waals surface area contributed by atoms with Crippen molar-refractivity contribution in [3.05, 3.63) is 12.2 Å². The van der Waals surface area contributed by atoms with Crippen LogP contribution in [0.2, 0.25) is 0 Å². The van der Waals surface area contributed by atoms with Crippen molar-refractivity contribution in [3.8, 4) is 0 Å². The number of methoxy groups -OCH3 is 1. The van der Waals surface area contributed by atoms with Crippen molar-refractivity contribution in [3.63, 3.8) is 0 Å². The van der Waals surface area contributed by atoms with E-state index in [0.717, 1.165) is 0 Å². The molecule has 0 rings (SSSR count). The van der Waals surface area contributed by atoms with E-state index in [2.05, 4.69) is 11.9 Å². The Balaban J connectivity index is 3.27. The zero-order valence-electron chi connectivity index (χ0n) is 21.8. The first-order valence-electron chi connectivity index (χ1n) is 11.9. The summed E-state index contributed by atoms with van der Waals surface area (Å²) in [6.07, 6.45) is 0.0735. The summed E-state index contributed by atoms with van der Waals surface area (Å²) >= 11 is 0. The summed E-state index contributed by atoms with van der Waals surface area (Å²) in [4.78, 5) is 11.3. The number of hydrogen-bond acceptors (Lipinski definition) is 9. The molecule has 1 amide bonds. The van der Waals surface area contributed by atoms with Crippen molar-refractivity contribution >= 4 is 5.91 Å². The summed E-state index contributed by atoms with van der Waals surface area (Å²) in [5, 5.41) is 2.69. The van der Waals surface area contributed by atoms with Crippen LogP contribution in [-0.4, -0.2) is 117 Å². The molecule has 0 saturated carbocycles. The molecule has 0 radical (unpaired) electrons. The largest absolute Gasteiger partial charge is 0.379 e. The molecular formula is C24H47NO9. The van der Waals surface area contributed by atoms with Crippen molar-refractivity contribution < 1.29 is 42.7 Å². The van der Waals surface area contributed by atoms with Crippen molar-refractivity contribution in [2.75, 3.05) is 92.9 Å². The molecule has 0 aliphatic carbocycles. The van der Waals surface area contributed by atoms with Gasteiger partial charge in [-0.25, -0.2) is 0 Å². The van der Waals surface area contributed by atoms with Gasteiger partial charge in [-0.3, -0.25) is 4.79 Å². The molecule has 0 fully saturated rings. The van der Waals surface area contributed by atoms with Crippen LogP contribution in [0.25, 0.3) is 0 Å². The monoisotopic (exact) mass is 493 g/mol. The minimum absolute atomic E-state index is 0.00887. The molecule has 0 aromatic heterocycles. The smallest absolute Gasteiger partial charge is 0.246 e. The second-order valence-corrected chi connectivity index (χ2v) is 7.89. The van der Waals surface area contributed by atoms with Crippen LogP contribution < -0.4 is 5.32 Å². The van der Waals surface area contributed by atoms with E-state index >= 15 is 0 Å². The lowest BCUT2D eigenvalue weighted by Crippen LogP contribution is -2.27. The van der Waals surface area contributed by atoms with Gasteiger partial charge in [0, 0.05) is 19.2 Å². The Kier molecular flexibility index (Phi) is 22.9. The molecule has 0 aromatic rings. The zero-order valence-corrected chi connectivity index (χ0v) is 21.8. The third-order valence-corrected chi connectivity index (χ3v) is 4.39. The van der Waals surface area contributed by atoms with Gasteiger partial charge in [-0.05, 0) is 27.7 Å². The quantitative estimate of drug-likeness (QED) is 0.150. The number of nitrogens with one attached hydrogen (secondary N) is 1. The first kappa shape index (κ1) is 32.9. The second kappa shape index (κ2) is 23.6. The Morgan fingerprint density at radius 3 is 1.56 bits per heavy atom. The molecule has 10 heteroatoms. The summed E-state index contributed by atoms with van der Waals surface area (Å²) < 4.78 is 43.8. The fraction of sp³-hybridized carbons (Fsp3) is 0.875. The van der Waals surface area contributed by atoms with Gasteiger partial charge in [-0.1, -0.05) is 6.58 Å². The van der Waals surface area contributed by atoms with E-state index in [0.29, 0.717) is 91.4 Å². The van der Waals surface area contributed by atoms with Crippen molar-refractivity contribution in [1.29, 1.82) is 0 Å². The van der Waals surface area contributed by atoms with Gasteiger partial charge in [0.15, 0.2) is 0 Å². The fourth-order valence-electron chi connectivity index (χ4n) is 2.28. The molecule has 34 heavy (non-hydrogen) atoms. The molecule has 0 heterocycles. The molecule has 10 nitrogen and oxygen atoms in total. The van der Waals surface area contributed by atoms with Crippen LogP contribution >= 0.6 is 0 Å². The predicted octanol–water partition coefficient (Wildman–Crippen LogP) is 1.61. The lowest BCUT2D eigenvalue weighted by atomic mass is 10.3. The average Bonchev–Trinajstić information content (AvgIpc) is 2.82. The van der Waals surface area contributed by atoms with E-state index in [4.69, 9.17) is 37.9 Å². The molecule has 0 aromatic carbocycles. The molecular weight excluding hydrogens is 446 g/mol. The van der Waals surface area contributed by atoms with Gasteiger partial charge in [0.25, 0.3) is 0 Å². The van der Waals surface area contributed by atoms with Crippen molar-refractivity contribution in [2.45, 2.75) is 46.0 Å². The first-order valence-corrected chi connectivity index (χ1v) is 11.9. The Labute approximate surface area is 205 Å². The van der Waals surface area contributed by atoms with Gasteiger partial charge >= 0.3 is 0 Å². The van der Waals surface area contributed by atoms with E-state index in [9.17, 15) is 4.79 Å². The summed E-state index contributed by atoms with van der Waals surface area (Å²) in [5.74, 6) is -0.159. The highest BCUT2D eigenvalue weighted by molar-refractivity contribution is 5.91. The number of hydrogen-bond donors (Lipinski definition) is 1. The number of carbonyl (C=O) groups is 1. The van der Waals surface area contributed by atoms with E-state index in [1.807, 2.05) is 20.8 Å². The lowest BCUT2D eigenvalue weighted by molar-refractivity contribution is -0.117.